The van der Waals surface area contributed by atoms with Gasteiger partial charge in [-0.25, -0.2) is 4.98 Å². The van der Waals surface area contributed by atoms with Crippen LogP contribution < -0.4 is 10.1 Å². The summed E-state index contributed by atoms with van der Waals surface area (Å²) in [5.74, 6) is 0.290. The highest BCUT2D eigenvalue weighted by Crippen LogP contribution is 2.28. The van der Waals surface area contributed by atoms with Crippen LogP contribution in [0.5, 0.6) is 5.88 Å². The average Bonchev–Trinajstić information content (AvgIpc) is 3.27. The first-order valence-electron chi connectivity index (χ1n) is 9.46. The van der Waals surface area contributed by atoms with Gasteiger partial charge in [0.05, 0.1) is 11.7 Å². The van der Waals surface area contributed by atoms with Gasteiger partial charge in [-0.1, -0.05) is 48.5 Å². The van der Waals surface area contributed by atoms with Crippen LogP contribution in [0.25, 0.3) is 11.1 Å². The van der Waals surface area contributed by atoms with Crippen LogP contribution in [-0.2, 0) is 4.74 Å². The third-order valence-corrected chi connectivity index (χ3v) is 4.70. The molecule has 1 aromatic heterocycles. The molecule has 0 radical (unpaired) electrons. The first-order chi connectivity index (χ1) is 13.8. The molecular formula is C23H22N2O3. The third kappa shape index (κ3) is 4.38. The summed E-state index contributed by atoms with van der Waals surface area (Å²) in [7, 11) is 0. The van der Waals surface area contributed by atoms with Crippen molar-refractivity contribution >= 4 is 11.6 Å². The lowest BCUT2D eigenvalue weighted by atomic mass is 10.0. The highest BCUT2D eigenvalue weighted by atomic mass is 16.5. The minimum Gasteiger partial charge on any atom is -0.475 e. The minimum absolute atomic E-state index is 0.138. The molecule has 142 valence electrons. The van der Waals surface area contributed by atoms with Gasteiger partial charge in [0.2, 0.25) is 5.88 Å². The maximum atomic E-state index is 12.7. The van der Waals surface area contributed by atoms with Crippen molar-refractivity contribution in [3.05, 3.63) is 78.5 Å². The number of carbonyl (C=O) groups is 1. The predicted molar refractivity (Wildman–Crippen MR) is 109 cm³/mol. The maximum absolute atomic E-state index is 12.7. The number of anilines is 1. The van der Waals surface area contributed by atoms with Gasteiger partial charge in [0, 0.05) is 30.1 Å². The van der Waals surface area contributed by atoms with Crippen molar-refractivity contribution in [1.82, 2.24) is 4.98 Å². The monoisotopic (exact) mass is 374 g/mol. The molecule has 0 saturated carbocycles. The SMILES string of the molecule is O=C(Nc1ccccc1-c1ccccc1)c1ccc(OCC2CCCO2)nc1. The summed E-state index contributed by atoms with van der Waals surface area (Å²) in [5.41, 5.74) is 3.26. The summed E-state index contributed by atoms with van der Waals surface area (Å²) in [4.78, 5) is 16.9. The number of para-hydroxylation sites is 1. The van der Waals surface area contributed by atoms with Gasteiger partial charge in [0.25, 0.3) is 5.91 Å². The molecule has 1 aliphatic rings. The van der Waals surface area contributed by atoms with E-state index in [4.69, 9.17) is 9.47 Å². The molecule has 0 aliphatic carbocycles. The quantitative estimate of drug-likeness (QED) is 0.687. The average molecular weight is 374 g/mol. The second kappa shape index (κ2) is 8.67. The molecular weight excluding hydrogens is 352 g/mol. The number of benzene rings is 2. The Morgan fingerprint density at radius 1 is 1.07 bits per heavy atom. The highest BCUT2D eigenvalue weighted by Gasteiger charge is 2.16. The number of nitrogens with zero attached hydrogens (tertiary/aromatic N) is 1. The van der Waals surface area contributed by atoms with Crippen molar-refractivity contribution in [3.63, 3.8) is 0 Å². The summed E-state index contributed by atoms with van der Waals surface area (Å²) in [6.45, 7) is 1.29. The van der Waals surface area contributed by atoms with Gasteiger partial charge in [-0.3, -0.25) is 4.79 Å². The van der Waals surface area contributed by atoms with Crippen LogP contribution >= 0.6 is 0 Å². The fourth-order valence-electron chi connectivity index (χ4n) is 3.21. The van der Waals surface area contributed by atoms with Crippen molar-refractivity contribution in [1.29, 1.82) is 0 Å². The van der Waals surface area contributed by atoms with Crippen LogP contribution in [0.4, 0.5) is 5.69 Å². The molecule has 5 heteroatoms. The van der Waals surface area contributed by atoms with Gasteiger partial charge < -0.3 is 14.8 Å². The summed E-state index contributed by atoms with van der Waals surface area (Å²) >= 11 is 0. The number of nitrogens with one attached hydrogen (secondary N) is 1. The molecule has 0 spiro atoms. The Bertz CT molecular complexity index is 920. The molecule has 0 bridgehead atoms. The maximum Gasteiger partial charge on any atom is 0.257 e. The molecule has 5 nitrogen and oxygen atoms in total. The first kappa shape index (κ1) is 18.2. The Balaban J connectivity index is 1.43. The zero-order valence-electron chi connectivity index (χ0n) is 15.5. The van der Waals surface area contributed by atoms with E-state index >= 15 is 0 Å². The third-order valence-electron chi connectivity index (χ3n) is 4.70. The molecule has 1 aliphatic heterocycles. The second-order valence-electron chi connectivity index (χ2n) is 6.70. The summed E-state index contributed by atoms with van der Waals surface area (Å²) < 4.78 is 11.2. The van der Waals surface area contributed by atoms with Crippen molar-refractivity contribution in [2.45, 2.75) is 18.9 Å². The van der Waals surface area contributed by atoms with Crippen LogP contribution in [-0.4, -0.2) is 30.2 Å². The molecule has 28 heavy (non-hydrogen) atoms. The van der Waals surface area contributed by atoms with E-state index in [1.165, 1.54) is 6.20 Å². The van der Waals surface area contributed by atoms with Crippen LogP contribution in [0.3, 0.4) is 0 Å². The second-order valence-corrected chi connectivity index (χ2v) is 6.70. The van der Waals surface area contributed by atoms with Gasteiger partial charge >= 0.3 is 0 Å². The standard InChI is InChI=1S/C23H22N2O3/c26-23(18-12-13-22(24-15-18)28-16-19-9-6-14-27-19)25-21-11-5-4-10-20(21)17-7-2-1-3-8-17/h1-5,7-8,10-13,15,19H,6,9,14,16H2,(H,25,26). The first-order valence-corrected chi connectivity index (χ1v) is 9.46. The molecule has 1 atom stereocenters. The number of pyridine rings is 1. The van der Waals surface area contributed by atoms with Crippen molar-refractivity contribution < 1.29 is 14.3 Å². The van der Waals surface area contributed by atoms with E-state index in [9.17, 15) is 4.79 Å². The van der Waals surface area contributed by atoms with E-state index in [-0.39, 0.29) is 12.0 Å². The van der Waals surface area contributed by atoms with Gasteiger partial charge in [-0.15, -0.1) is 0 Å². The van der Waals surface area contributed by atoms with Gasteiger partial charge in [0.1, 0.15) is 6.61 Å². The van der Waals surface area contributed by atoms with Crippen molar-refractivity contribution in [3.8, 4) is 17.0 Å². The Labute approximate surface area is 164 Å². The van der Waals surface area contributed by atoms with Gasteiger partial charge in [-0.05, 0) is 30.5 Å². The Morgan fingerprint density at radius 2 is 1.89 bits per heavy atom. The van der Waals surface area contributed by atoms with Gasteiger partial charge in [0.15, 0.2) is 0 Å². The molecule has 1 unspecified atom stereocenters. The number of carbonyl (C=O) groups excluding carboxylic acids is 1. The van der Waals surface area contributed by atoms with Crippen LogP contribution in [0.1, 0.15) is 23.2 Å². The molecule has 2 heterocycles. The smallest absolute Gasteiger partial charge is 0.257 e. The fourth-order valence-corrected chi connectivity index (χ4v) is 3.21. The van der Waals surface area contributed by atoms with Crippen molar-refractivity contribution in [2.75, 3.05) is 18.5 Å². The van der Waals surface area contributed by atoms with Crippen LogP contribution in [0.2, 0.25) is 0 Å². The van der Waals surface area contributed by atoms with Crippen molar-refractivity contribution in [2.24, 2.45) is 0 Å². The van der Waals surface area contributed by atoms with E-state index < -0.39 is 0 Å². The fraction of sp³-hybridized carbons (Fsp3) is 0.217. The largest absolute Gasteiger partial charge is 0.475 e. The number of hydrogen-bond acceptors (Lipinski definition) is 4. The lowest BCUT2D eigenvalue weighted by molar-refractivity contribution is 0.0663. The number of hydrogen-bond donors (Lipinski definition) is 1. The summed E-state index contributed by atoms with van der Waals surface area (Å²) in [6, 6.07) is 21.2. The zero-order valence-corrected chi connectivity index (χ0v) is 15.5. The van der Waals surface area contributed by atoms with Gasteiger partial charge in [-0.2, -0.15) is 0 Å². The van der Waals surface area contributed by atoms with E-state index in [0.717, 1.165) is 36.3 Å². The normalized spacial score (nSPS) is 15.9. The highest BCUT2D eigenvalue weighted by molar-refractivity contribution is 6.06. The molecule has 1 saturated heterocycles. The van der Waals surface area contributed by atoms with E-state index in [2.05, 4.69) is 10.3 Å². The number of aromatic nitrogens is 1. The van der Waals surface area contributed by atoms with Crippen LogP contribution in [0, 0.1) is 0 Å². The molecule has 1 N–H and O–H groups in total. The number of ether oxygens (including phenoxy) is 2. The van der Waals surface area contributed by atoms with E-state index in [1.807, 2.05) is 54.6 Å². The molecule has 1 amide bonds. The number of rotatable bonds is 6. The molecule has 3 aromatic rings. The minimum atomic E-state index is -0.207. The molecule has 2 aromatic carbocycles. The van der Waals surface area contributed by atoms with E-state index in [0.29, 0.717) is 18.1 Å². The Hall–Kier alpha value is -3.18. The Morgan fingerprint density at radius 3 is 2.64 bits per heavy atom. The summed E-state index contributed by atoms with van der Waals surface area (Å²) in [5, 5.41) is 2.98. The molecule has 1 fully saturated rings. The topological polar surface area (TPSA) is 60.5 Å². The van der Waals surface area contributed by atoms with Crippen LogP contribution in [0.15, 0.2) is 72.9 Å². The predicted octanol–water partition coefficient (Wildman–Crippen LogP) is 4.56. The number of amides is 1. The summed E-state index contributed by atoms with van der Waals surface area (Å²) in [6.07, 6.45) is 3.76. The lowest BCUT2D eigenvalue weighted by Gasteiger charge is -2.12. The van der Waals surface area contributed by atoms with E-state index in [1.54, 1.807) is 12.1 Å². The zero-order chi connectivity index (χ0) is 19.2. The lowest BCUT2D eigenvalue weighted by Crippen LogP contribution is -2.17. The Kier molecular flexibility index (Phi) is 5.64. The molecule has 4 rings (SSSR count).